The molecule has 3 aromatic rings. The van der Waals surface area contributed by atoms with Gasteiger partial charge in [-0.2, -0.15) is 10.2 Å². The number of amides is 1. The number of halogens is 2. The Hall–Kier alpha value is -3.36. The summed E-state index contributed by atoms with van der Waals surface area (Å²) in [5.74, 6) is -1.10. The Balaban J connectivity index is 1.81. The second kappa shape index (κ2) is 9.20. The Morgan fingerprint density at radius 3 is 2.35 bits per heavy atom. The maximum Gasteiger partial charge on any atom is 0.337 e. The van der Waals surface area contributed by atoms with Crippen LogP contribution in [0.5, 0.6) is 5.75 Å². The number of ether oxygens (including phenoxy) is 1. The molecule has 0 atom stereocenters. The number of aromatic nitrogens is 2. The van der Waals surface area contributed by atoms with Crippen LogP contribution in [0.1, 0.15) is 33.3 Å². The molecule has 2 aromatic carbocycles. The van der Waals surface area contributed by atoms with Crippen molar-refractivity contribution in [1.29, 1.82) is 0 Å². The van der Waals surface area contributed by atoms with E-state index in [0.29, 0.717) is 38.1 Å². The molecule has 0 bridgehead atoms. The molecule has 0 spiro atoms. The first kappa shape index (κ1) is 22.3. The first-order valence-electron chi connectivity index (χ1n) is 8.97. The minimum atomic E-state index is -0.496. The molecule has 0 aliphatic carbocycles. The van der Waals surface area contributed by atoms with E-state index in [0.717, 1.165) is 0 Å². The Morgan fingerprint density at radius 1 is 1.10 bits per heavy atom. The van der Waals surface area contributed by atoms with E-state index in [1.807, 2.05) is 0 Å². The standard InChI is InChI=1S/C21H18Cl2N4O4/c1-11(24-25-20(29)12-4-6-13(7-5-12)21(30)31-3)17-19(28)18(27(2)26-17)14-8-9-15(22)16(23)10-14/h4-10,28H,1-3H3,(H,25,29). The van der Waals surface area contributed by atoms with Crippen molar-refractivity contribution in [3.63, 3.8) is 0 Å². The lowest BCUT2D eigenvalue weighted by molar-refractivity contribution is 0.0600. The molecule has 0 saturated carbocycles. The van der Waals surface area contributed by atoms with Crippen molar-refractivity contribution in [3.8, 4) is 17.0 Å². The summed E-state index contributed by atoms with van der Waals surface area (Å²) in [6.07, 6.45) is 0. The number of aromatic hydroxyl groups is 1. The van der Waals surface area contributed by atoms with Crippen molar-refractivity contribution >= 4 is 40.8 Å². The van der Waals surface area contributed by atoms with Gasteiger partial charge in [-0.25, -0.2) is 10.2 Å². The summed E-state index contributed by atoms with van der Waals surface area (Å²) < 4.78 is 6.11. The molecule has 1 amide bonds. The number of methoxy groups -OCH3 is 1. The summed E-state index contributed by atoms with van der Waals surface area (Å²) in [6.45, 7) is 1.60. The number of carbonyl (C=O) groups is 2. The molecule has 0 aliphatic rings. The zero-order valence-electron chi connectivity index (χ0n) is 16.8. The smallest absolute Gasteiger partial charge is 0.337 e. The highest BCUT2D eigenvalue weighted by Crippen LogP contribution is 2.35. The predicted molar refractivity (Wildman–Crippen MR) is 118 cm³/mol. The second-order valence-electron chi connectivity index (χ2n) is 6.51. The predicted octanol–water partition coefficient (Wildman–Crippen LogP) is 4.04. The number of hydrogen-bond acceptors (Lipinski definition) is 6. The van der Waals surface area contributed by atoms with Crippen molar-refractivity contribution in [2.45, 2.75) is 6.92 Å². The molecule has 2 N–H and O–H groups in total. The fourth-order valence-electron chi connectivity index (χ4n) is 2.85. The highest BCUT2D eigenvalue weighted by atomic mass is 35.5. The van der Waals surface area contributed by atoms with Gasteiger partial charge in [0.2, 0.25) is 0 Å². The van der Waals surface area contributed by atoms with Gasteiger partial charge < -0.3 is 9.84 Å². The van der Waals surface area contributed by atoms with Gasteiger partial charge in [0.05, 0.1) is 28.4 Å². The van der Waals surface area contributed by atoms with Crippen LogP contribution in [-0.2, 0) is 11.8 Å². The Kier molecular flexibility index (Phi) is 6.62. The summed E-state index contributed by atoms with van der Waals surface area (Å²) in [5, 5.41) is 19.7. The van der Waals surface area contributed by atoms with Crippen LogP contribution < -0.4 is 5.43 Å². The molecule has 3 rings (SSSR count). The van der Waals surface area contributed by atoms with E-state index in [2.05, 4.69) is 20.4 Å². The maximum atomic E-state index is 12.3. The molecule has 8 nitrogen and oxygen atoms in total. The second-order valence-corrected chi connectivity index (χ2v) is 7.32. The number of hydrogen-bond donors (Lipinski definition) is 2. The van der Waals surface area contributed by atoms with E-state index in [9.17, 15) is 14.7 Å². The van der Waals surface area contributed by atoms with E-state index < -0.39 is 11.9 Å². The number of nitrogens with zero attached hydrogens (tertiary/aromatic N) is 3. The number of aryl methyl sites for hydroxylation is 1. The third-order valence-electron chi connectivity index (χ3n) is 4.45. The molecule has 0 unspecified atom stereocenters. The van der Waals surface area contributed by atoms with Gasteiger partial charge in [0, 0.05) is 18.2 Å². The minimum Gasteiger partial charge on any atom is -0.504 e. The maximum absolute atomic E-state index is 12.3. The lowest BCUT2D eigenvalue weighted by atomic mass is 10.1. The Labute approximate surface area is 188 Å². The molecule has 0 radical (unpaired) electrons. The number of esters is 1. The lowest BCUT2D eigenvalue weighted by Crippen LogP contribution is -2.19. The van der Waals surface area contributed by atoms with Crippen LogP contribution in [0.4, 0.5) is 0 Å². The third-order valence-corrected chi connectivity index (χ3v) is 5.19. The molecule has 1 heterocycles. The van der Waals surface area contributed by atoms with Crippen molar-refractivity contribution < 1.29 is 19.4 Å². The van der Waals surface area contributed by atoms with E-state index >= 15 is 0 Å². The van der Waals surface area contributed by atoms with E-state index in [4.69, 9.17) is 23.2 Å². The summed E-state index contributed by atoms with van der Waals surface area (Å²) in [5.41, 5.74) is 4.56. The van der Waals surface area contributed by atoms with Gasteiger partial charge in [0.1, 0.15) is 5.69 Å². The number of nitrogens with one attached hydrogen (secondary N) is 1. The number of carbonyl (C=O) groups excluding carboxylic acids is 2. The number of rotatable bonds is 5. The van der Waals surface area contributed by atoms with Gasteiger partial charge in [-0.1, -0.05) is 29.3 Å². The molecule has 0 saturated heterocycles. The number of hydrazone groups is 1. The zero-order valence-corrected chi connectivity index (χ0v) is 18.3. The van der Waals surface area contributed by atoms with Gasteiger partial charge in [0.25, 0.3) is 5.91 Å². The average molecular weight is 461 g/mol. The van der Waals surface area contributed by atoms with Crippen molar-refractivity contribution in [1.82, 2.24) is 15.2 Å². The van der Waals surface area contributed by atoms with Gasteiger partial charge >= 0.3 is 5.97 Å². The quantitative estimate of drug-likeness (QED) is 0.339. The lowest BCUT2D eigenvalue weighted by Gasteiger charge is -2.05. The van der Waals surface area contributed by atoms with Crippen molar-refractivity contribution in [3.05, 3.63) is 69.3 Å². The molecular formula is C21H18Cl2N4O4. The monoisotopic (exact) mass is 460 g/mol. The average Bonchev–Trinajstić information content (AvgIpc) is 3.07. The zero-order chi connectivity index (χ0) is 22.7. The van der Waals surface area contributed by atoms with E-state index in [1.54, 1.807) is 32.2 Å². The minimum absolute atomic E-state index is 0.112. The van der Waals surface area contributed by atoms with Crippen LogP contribution in [0.15, 0.2) is 47.6 Å². The van der Waals surface area contributed by atoms with Crippen LogP contribution in [0.25, 0.3) is 11.3 Å². The van der Waals surface area contributed by atoms with Crippen molar-refractivity contribution in [2.75, 3.05) is 7.11 Å². The highest BCUT2D eigenvalue weighted by Gasteiger charge is 2.20. The summed E-state index contributed by atoms with van der Waals surface area (Å²) in [7, 11) is 2.94. The highest BCUT2D eigenvalue weighted by molar-refractivity contribution is 6.42. The summed E-state index contributed by atoms with van der Waals surface area (Å²) >= 11 is 12.0. The summed E-state index contributed by atoms with van der Waals surface area (Å²) in [4.78, 5) is 23.8. The largest absolute Gasteiger partial charge is 0.504 e. The van der Waals surface area contributed by atoms with Crippen LogP contribution in [0.3, 0.4) is 0 Å². The van der Waals surface area contributed by atoms with Crippen molar-refractivity contribution in [2.24, 2.45) is 12.1 Å². The van der Waals surface area contributed by atoms with E-state index in [1.165, 1.54) is 36.1 Å². The molecular weight excluding hydrogens is 443 g/mol. The van der Waals surface area contributed by atoms with Crippen LogP contribution in [0.2, 0.25) is 10.0 Å². The third kappa shape index (κ3) is 4.70. The molecule has 0 fully saturated rings. The van der Waals surface area contributed by atoms with Gasteiger partial charge in [-0.3, -0.25) is 9.48 Å². The Morgan fingerprint density at radius 2 is 1.74 bits per heavy atom. The van der Waals surface area contributed by atoms with Crippen LogP contribution in [-0.4, -0.2) is 39.6 Å². The molecule has 10 heteroatoms. The first-order valence-corrected chi connectivity index (χ1v) is 9.73. The molecule has 0 aliphatic heterocycles. The Bertz CT molecular complexity index is 1190. The molecule has 31 heavy (non-hydrogen) atoms. The molecule has 1 aromatic heterocycles. The van der Waals surface area contributed by atoms with Gasteiger partial charge in [-0.05, 0) is 43.3 Å². The normalized spacial score (nSPS) is 11.3. The number of benzene rings is 2. The SMILES string of the molecule is COC(=O)c1ccc(C(=O)NN=C(C)c2nn(C)c(-c3ccc(Cl)c(Cl)c3)c2O)cc1. The van der Waals surface area contributed by atoms with Gasteiger partial charge in [0.15, 0.2) is 11.4 Å². The fourth-order valence-corrected chi connectivity index (χ4v) is 3.15. The molecule has 160 valence electrons. The van der Waals surface area contributed by atoms with Gasteiger partial charge in [-0.15, -0.1) is 0 Å². The van der Waals surface area contributed by atoms with Crippen LogP contribution >= 0.6 is 23.2 Å². The van der Waals surface area contributed by atoms with Crippen LogP contribution in [0, 0.1) is 0 Å². The summed E-state index contributed by atoms with van der Waals surface area (Å²) in [6, 6.07) is 10.9. The van der Waals surface area contributed by atoms with E-state index in [-0.39, 0.29) is 11.4 Å². The first-order chi connectivity index (χ1) is 14.7. The fraction of sp³-hybridized carbons (Fsp3) is 0.143. The topological polar surface area (TPSA) is 106 Å².